The van der Waals surface area contributed by atoms with E-state index in [1.807, 2.05) is 11.8 Å². The van der Waals surface area contributed by atoms with Crippen LogP contribution in [0.15, 0.2) is 0 Å². The molecule has 0 bridgehead atoms. The zero-order valence-corrected chi connectivity index (χ0v) is 10.7. The van der Waals surface area contributed by atoms with Gasteiger partial charge in [-0.2, -0.15) is 0 Å². The van der Waals surface area contributed by atoms with E-state index >= 15 is 0 Å². The van der Waals surface area contributed by atoms with Gasteiger partial charge in [0.2, 0.25) is 5.91 Å². The summed E-state index contributed by atoms with van der Waals surface area (Å²) in [6.45, 7) is 8.78. The first-order valence-corrected chi connectivity index (χ1v) is 6.19. The number of nitrogens with zero attached hydrogens (tertiary/aromatic N) is 1. The molecule has 2 N–H and O–H groups in total. The van der Waals surface area contributed by atoms with E-state index in [4.69, 9.17) is 10.5 Å². The van der Waals surface area contributed by atoms with Crippen molar-refractivity contribution in [2.45, 2.75) is 39.2 Å². The van der Waals surface area contributed by atoms with E-state index in [0.717, 1.165) is 19.5 Å². The van der Waals surface area contributed by atoms with Crippen molar-refractivity contribution >= 4 is 5.91 Å². The summed E-state index contributed by atoms with van der Waals surface area (Å²) in [6.07, 6.45) is 1.72. The van der Waals surface area contributed by atoms with Crippen molar-refractivity contribution in [3.8, 4) is 0 Å². The molecule has 1 aliphatic rings. The fraction of sp³-hybridized carbons (Fsp3) is 0.917. The molecule has 94 valence electrons. The Morgan fingerprint density at radius 1 is 1.56 bits per heavy atom. The molecule has 2 unspecified atom stereocenters. The van der Waals surface area contributed by atoms with Crippen LogP contribution in [0.2, 0.25) is 0 Å². The summed E-state index contributed by atoms with van der Waals surface area (Å²) in [5.74, 6) is 0.572. The highest BCUT2D eigenvalue weighted by Gasteiger charge is 2.40. The van der Waals surface area contributed by atoms with Gasteiger partial charge in [-0.15, -0.1) is 0 Å². The molecule has 0 aromatic heterocycles. The first-order valence-electron chi connectivity index (χ1n) is 6.19. The van der Waals surface area contributed by atoms with Crippen molar-refractivity contribution in [2.75, 3.05) is 26.3 Å². The summed E-state index contributed by atoms with van der Waals surface area (Å²) < 4.78 is 5.23. The summed E-state index contributed by atoms with van der Waals surface area (Å²) in [5, 5.41) is 0. The van der Waals surface area contributed by atoms with Gasteiger partial charge in [-0.05, 0) is 19.3 Å². The Morgan fingerprint density at radius 2 is 2.25 bits per heavy atom. The molecule has 1 amide bonds. The van der Waals surface area contributed by atoms with Crippen LogP contribution in [0.4, 0.5) is 0 Å². The molecule has 1 saturated heterocycles. The standard InChI is InChI=1S/C12H24N2O2/c1-4-10(3)8-14(5-2)11(15)12(13)6-7-16-9-12/h10H,4-9,13H2,1-3H3. The lowest BCUT2D eigenvalue weighted by Gasteiger charge is -2.31. The van der Waals surface area contributed by atoms with Gasteiger partial charge >= 0.3 is 0 Å². The number of ether oxygens (including phenoxy) is 1. The molecule has 2 atom stereocenters. The van der Waals surface area contributed by atoms with Crippen LogP contribution >= 0.6 is 0 Å². The minimum atomic E-state index is -0.774. The maximum Gasteiger partial charge on any atom is 0.245 e. The monoisotopic (exact) mass is 228 g/mol. The van der Waals surface area contributed by atoms with Gasteiger partial charge in [-0.1, -0.05) is 20.3 Å². The van der Waals surface area contributed by atoms with E-state index in [1.165, 1.54) is 0 Å². The lowest BCUT2D eigenvalue weighted by molar-refractivity contribution is -0.137. The number of carbonyl (C=O) groups excluding carboxylic acids is 1. The first kappa shape index (κ1) is 13.5. The molecule has 0 radical (unpaired) electrons. The Morgan fingerprint density at radius 3 is 2.69 bits per heavy atom. The molecule has 16 heavy (non-hydrogen) atoms. The second kappa shape index (κ2) is 5.64. The van der Waals surface area contributed by atoms with Crippen LogP contribution in [0, 0.1) is 5.92 Å². The van der Waals surface area contributed by atoms with Gasteiger partial charge in [-0.3, -0.25) is 4.79 Å². The number of amides is 1. The Hall–Kier alpha value is -0.610. The largest absolute Gasteiger partial charge is 0.379 e. The smallest absolute Gasteiger partial charge is 0.245 e. The Bertz CT molecular complexity index is 237. The second-order valence-electron chi connectivity index (χ2n) is 4.82. The molecule has 0 aromatic rings. The third-order valence-electron chi connectivity index (χ3n) is 3.38. The number of hydrogen-bond acceptors (Lipinski definition) is 3. The van der Waals surface area contributed by atoms with Crippen LogP contribution in [0.1, 0.15) is 33.6 Å². The Balaban J connectivity index is 2.61. The van der Waals surface area contributed by atoms with Crippen LogP contribution in [0.25, 0.3) is 0 Å². The predicted octanol–water partition coefficient (Wildman–Crippen LogP) is 0.999. The minimum Gasteiger partial charge on any atom is -0.379 e. The van der Waals surface area contributed by atoms with E-state index < -0.39 is 5.54 Å². The van der Waals surface area contributed by atoms with Gasteiger partial charge in [0, 0.05) is 19.7 Å². The minimum absolute atomic E-state index is 0.0489. The summed E-state index contributed by atoms with van der Waals surface area (Å²) >= 11 is 0. The second-order valence-corrected chi connectivity index (χ2v) is 4.82. The van der Waals surface area contributed by atoms with Crippen LogP contribution in [0.3, 0.4) is 0 Å². The lowest BCUT2D eigenvalue weighted by atomic mass is 9.97. The van der Waals surface area contributed by atoms with Crippen molar-refractivity contribution < 1.29 is 9.53 Å². The number of nitrogens with two attached hydrogens (primary N) is 1. The quantitative estimate of drug-likeness (QED) is 0.763. The summed E-state index contributed by atoms with van der Waals surface area (Å²) in [5.41, 5.74) is 5.31. The summed E-state index contributed by atoms with van der Waals surface area (Å²) in [6, 6.07) is 0. The summed E-state index contributed by atoms with van der Waals surface area (Å²) in [4.78, 5) is 14.1. The van der Waals surface area contributed by atoms with Crippen LogP contribution in [-0.2, 0) is 9.53 Å². The number of likely N-dealkylation sites (N-methyl/N-ethyl adjacent to an activating group) is 1. The zero-order valence-electron chi connectivity index (χ0n) is 10.7. The van der Waals surface area contributed by atoms with Crippen molar-refractivity contribution in [3.05, 3.63) is 0 Å². The van der Waals surface area contributed by atoms with E-state index in [1.54, 1.807) is 0 Å². The lowest BCUT2D eigenvalue weighted by Crippen LogP contribution is -2.56. The first-order chi connectivity index (χ1) is 7.53. The van der Waals surface area contributed by atoms with E-state index in [9.17, 15) is 4.79 Å². The molecular formula is C12H24N2O2. The summed E-state index contributed by atoms with van der Waals surface area (Å²) in [7, 11) is 0. The highest BCUT2D eigenvalue weighted by Crippen LogP contribution is 2.19. The fourth-order valence-corrected chi connectivity index (χ4v) is 1.93. The molecular weight excluding hydrogens is 204 g/mol. The topological polar surface area (TPSA) is 55.6 Å². The Labute approximate surface area is 98.1 Å². The van der Waals surface area contributed by atoms with Gasteiger partial charge in [0.1, 0.15) is 5.54 Å². The molecule has 0 spiro atoms. The van der Waals surface area contributed by atoms with Gasteiger partial charge in [0.25, 0.3) is 0 Å². The van der Waals surface area contributed by atoms with Crippen molar-refractivity contribution in [1.29, 1.82) is 0 Å². The van der Waals surface area contributed by atoms with Gasteiger partial charge in [0.05, 0.1) is 6.61 Å². The molecule has 4 nitrogen and oxygen atoms in total. The van der Waals surface area contributed by atoms with E-state index in [2.05, 4.69) is 13.8 Å². The average Bonchev–Trinajstić information content (AvgIpc) is 2.73. The molecule has 1 rings (SSSR count). The maximum atomic E-state index is 12.3. The number of carbonyl (C=O) groups is 1. The van der Waals surface area contributed by atoms with Crippen LogP contribution in [-0.4, -0.2) is 42.6 Å². The normalized spacial score (nSPS) is 26.8. The highest BCUT2D eigenvalue weighted by molar-refractivity contribution is 5.86. The molecule has 1 fully saturated rings. The SMILES string of the molecule is CCC(C)CN(CC)C(=O)C1(N)CCOC1. The molecule has 1 aliphatic heterocycles. The van der Waals surface area contributed by atoms with Crippen molar-refractivity contribution in [1.82, 2.24) is 4.90 Å². The van der Waals surface area contributed by atoms with E-state index in [-0.39, 0.29) is 5.91 Å². The van der Waals surface area contributed by atoms with Gasteiger partial charge < -0.3 is 15.4 Å². The van der Waals surface area contributed by atoms with Crippen LogP contribution in [0.5, 0.6) is 0 Å². The molecule has 0 aromatic carbocycles. The van der Waals surface area contributed by atoms with Crippen molar-refractivity contribution in [2.24, 2.45) is 11.7 Å². The molecule has 0 saturated carbocycles. The maximum absolute atomic E-state index is 12.3. The van der Waals surface area contributed by atoms with Crippen LogP contribution < -0.4 is 5.73 Å². The van der Waals surface area contributed by atoms with Gasteiger partial charge in [-0.25, -0.2) is 0 Å². The Kier molecular flexibility index (Phi) is 4.74. The highest BCUT2D eigenvalue weighted by atomic mass is 16.5. The molecule has 4 heteroatoms. The fourth-order valence-electron chi connectivity index (χ4n) is 1.93. The predicted molar refractivity (Wildman–Crippen MR) is 64.1 cm³/mol. The van der Waals surface area contributed by atoms with Crippen molar-refractivity contribution in [3.63, 3.8) is 0 Å². The molecule has 0 aliphatic carbocycles. The number of hydrogen-bond donors (Lipinski definition) is 1. The number of rotatable bonds is 5. The third kappa shape index (κ3) is 2.95. The zero-order chi connectivity index (χ0) is 12.2. The van der Waals surface area contributed by atoms with E-state index in [0.29, 0.717) is 25.6 Å². The molecule has 1 heterocycles. The third-order valence-corrected chi connectivity index (χ3v) is 3.38. The average molecular weight is 228 g/mol. The van der Waals surface area contributed by atoms with Gasteiger partial charge in [0.15, 0.2) is 0 Å².